The topological polar surface area (TPSA) is 70.6 Å². The molecule has 0 unspecified atom stereocenters. The Balaban J connectivity index is 1.39. The van der Waals surface area contributed by atoms with Gasteiger partial charge in [-0.25, -0.2) is 9.97 Å². The van der Waals surface area contributed by atoms with Crippen LogP contribution in [0.5, 0.6) is 0 Å². The largest absolute Gasteiger partial charge is 0.378 e. The van der Waals surface area contributed by atoms with Crippen LogP contribution in [0.2, 0.25) is 0 Å². The highest BCUT2D eigenvalue weighted by Gasteiger charge is 2.17. The van der Waals surface area contributed by atoms with E-state index in [-0.39, 0.29) is 5.91 Å². The minimum atomic E-state index is -0.226. The quantitative estimate of drug-likeness (QED) is 0.878. The Bertz CT molecular complexity index is 797. The first-order chi connectivity index (χ1) is 13.7. The number of anilines is 3. The zero-order chi connectivity index (χ0) is 19.3. The van der Waals surface area contributed by atoms with Gasteiger partial charge in [0.25, 0.3) is 5.91 Å². The summed E-state index contributed by atoms with van der Waals surface area (Å²) < 4.78 is 5.37. The number of carbonyl (C=O) groups excluding carboxylic acids is 1. The SMILES string of the molecule is CC1CCN(c2ccc(NC(=O)c3cc(N4CCOCC4)ncn3)cc2)CC1. The van der Waals surface area contributed by atoms with E-state index in [4.69, 9.17) is 4.74 Å². The molecule has 0 aliphatic carbocycles. The molecule has 2 aliphatic rings. The van der Waals surface area contributed by atoms with Gasteiger partial charge in [-0.05, 0) is 43.0 Å². The van der Waals surface area contributed by atoms with E-state index in [2.05, 4.69) is 44.1 Å². The second kappa shape index (κ2) is 8.56. The van der Waals surface area contributed by atoms with Gasteiger partial charge < -0.3 is 19.9 Å². The number of carbonyl (C=O) groups is 1. The van der Waals surface area contributed by atoms with E-state index >= 15 is 0 Å². The van der Waals surface area contributed by atoms with Crippen LogP contribution in [0.3, 0.4) is 0 Å². The van der Waals surface area contributed by atoms with Gasteiger partial charge >= 0.3 is 0 Å². The molecule has 1 N–H and O–H groups in total. The molecule has 1 aromatic heterocycles. The summed E-state index contributed by atoms with van der Waals surface area (Å²) in [5.41, 5.74) is 2.35. The predicted molar refractivity (Wildman–Crippen MR) is 110 cm³/mol. The molecule has 0 saturated carbocycles. The zero-order valence-electron chi connectivity index (χ0n) is 16.3. The highest BCUT2D eigenvalue weighted by molar-refractivity contribution is 6.03. The van der Waals surface area contributed by atoms with Gasteiger partial charge in [0.1, 0.15) is 17.8 Å². The first-order valence-corrected chi connectivity index (χ1v) is 10.00. The number of ether oxygens (including phenoxy) is 1. The van der Waals surface area contributed by atoms with Crippen LogP contribution in [0.1, 0.15) is 30.3 Å². The molecule has 2 aliphatic heterocycles. The first-order valence-electron chi connectivity index (χ1n) is 10.00. The molecule has 0 radical (unpaired) electrons. The lowest BCUT2D eigenvalue weighted by Crippen LogP contribution is -2.37. The summed E-state index contributed by atoms with van der Waals surface area (Å²) in [6.45, 7) is 7.40. The van der Waals surface area contributed by atoms with Crippen LogP contribution in [-0.2, 0) is 4.74 Å². The first kappa shape index (κ1) is 18.7. The minimum Gasteiger partial charge on any atom is -0.378 e. The summed E-state index contributed by atoms with van der Waals surface area (Å²) in [7, 11) is 0. The fraction of sp³-hybridized carbons (Fsp3) is 0.476. The Hall–Kier alpha value is -2.67. The van der Waals surface area contributed by atoms with Crippen LogP contribution in [0, 0.1) is 5.92 Å². The Labute approximate surface area is 165 Å². The Morgan fingerprint density at radius 2 is 1.75 bits per heavy atom. The fourth-order valence-electron chi connectivity index (χ4n) is 3.65. The smallest absolute Gasteiger partial charge is 0.274 e. The predicted octanol–water partition coefficient (Wildman–Crippen LogP) is 2.80. The zero-order valence-corrected chi connectivity index (χ0v) is 16.3. The van der Waals surface area contributed by atoms with Gasteiger partial charge in [0.15, 0.2) is 0 Å². The molecule has 28 heavy (non-hydrogen) atoms. The van der Waals surface area contributed by atoms with Crippen molar-refractivity contribution in [1.29, 1.82) is 0 Å². The second-order valence-electron chi connectivity index (χ2n) is 7.53. The number of hydrogen-bond donors (Lipinski definition) is 1. The van der Waals surface area contributed by atoms with Crippen LogP contribution in [-0.4, -0.2) is 55.3 Å². The highest BCUT2D eigenvalue weighted by Crippen LogP contribution is 2.24. The number of benzene rings is 1. The van der Waals surface area contributed by atoms with Crippen molar-refractivity contribution < 1.29 is 9.53 Å². The summed E-state index contributed by atoms with van der Waals surface area (Å²) >= 11 is 0. The molecule has 2 aromatic rings. The molecule has 0 bridgehead atoms. The molecule has 0 atom stereocenters. The van der Waals surface area contributed by atoms with Crippen molar-refractivity contribution in [3.8, 4) is 0 Å². The number of hydrogen-bond acceptors (Lipinski definition) is 6. The van der Waals surface area contributed by atoms with Crippen LogP contribution >= 0.6 is 0 Å². The maximum atomic E-state index is 12.6. The number of nitrogens with zero attached hydrogens (tertiary/aromatic N) is 4. The normalized spacial score (nSPS) is 18.2. The lowest BCUT2D eigenvalue weighted by molar-refractivity contribution is 0.102. The maximum Gasteiger partial charge on any atom is 0.274 e. The molecular weight excluding hydrogens is 354 g/mol. The van der Waals surface area contributed by atoms with Gasteiger partial charge in [0.05, 0.1) is 13.2 Å². The summed E-state index contributed by atoms with van der Waals surface area (Å²) in [6, 6.07) is 9.80. The van der Waals surface area contributed by atoms with E-state index in [9.17, 15) is 4.79 Å². The third-order valence-electron chi connectivity index (χ3n) is 5.49. The van der Waals surface area contributed by atoms with E-state index in [0.29, 0.717) is 18.9 Å². The number of morpholine rings is 1. The molecule has 3 heterocycles. The molecule has 2 fully saturated rings. The number of piperidine rings is 1. The lowest BCUT2D eigenvalue weighted by atomic mass is 9.99. The molecule has 0 spiro atoms. The fourth-order valence-corrected chi connectivity index (χ4v) is 3.65. The Kier molecular flexibility index (Phi) is 5.71. The molecule has 2 saturated heterocycles. The summed E-state index contributed by atoms with van der Waals surface area (Å²) in [4.78, 5) is 25.6. The molecule has 4 rings (SSSR count). The van der Waals surface area contributed by atoms with Crippen molar-refractivity contribution in [3.05, 3.63) is 42.4 Å². The van der Waals surface area contributed by atoms with Crippen molar-refractivity contribution >= 4 is 23.1 Å². The standard InChI is InChI=1S/C21H27N5O2/c1-16-6-8-25(9-7-16)18-4-2-17(3-5-18)24-21(27)19-14-20(23-15-22-19)26-10-12-28-13-11-26/h2-5,14-16H,6-13H2,1H3,(H,24,27). The summed E-state index contributed by atoms with van der Waals surface area (Å²) in [5.74, 6) is 1.35. The maximum absolute atomic E-state index is 12.6. The molecular formula is C21H27N5O2. The van der Waals surface area contributed by atoms with Crippen LogP contribution in [0.4, 0.5) is 17.2 Å². The van der Waals surface area contributed by atoms with Gasteiger partial charge in [-0.3, -0.25) is 4.79 Å². The van der Waals surface area contributed by atoms with Crippen molar-refractivity contribution in [3.63, 3.8) is 0 Å². The van der Waals surface area contributed by atoms with Gasteiger partial charge in [-0.2, -0.15) is 0 Å². The van der Waals surface area contributed by atoms with Crippen LogP contribution < -0.4 is 15.1 Å². The summed E-state index contributed by atoms with van der Waals surface area (Å²) in [6.07, 6.45) is 3.91. The Morgan fingerprint density at radius 3 is 2.46 bits per heavy atom. The lowest BCUT2D eigenvalue weighted by Gasteiger charge is -2.32. The third-order valence-corrected chi connectivity index (χ3v) is 5.49. The van der Waals surface area contributed by atoms with Crippen molar-refractivity contribution in [1.82, 2.24) is 9.97 Å². The Morgan fingerprint density at radius 1 is 1.04 bits per heavy atom. The number of aromatic nitrogens is 2. The van der Waals surface area contributed by atoms with Gasteiger partial charge in [-0.15, -0.1) is 0 Å². The van der Waals surface area contributed by atoms with Crippen molar-refractivity contribution in [2.45, 2.75) is 19.8 Å². The van der Waals surface area contributed by atoms with E-state index < -0.39 is 0 Å². The second-order valence-corrected chi connectivity index (χ2v) is 7.53. The average Bonchev–Trinajstić information content (AvgIpc) is 2.76. The highest BCUT2D eigenvalue weighted by atomic mass is 16.5. The molecule has 1 amide bonds. The molecule has 148 valence electrons. The van der Waals surface area contributed by atoms with Crippen LogP contribution in [0.25, 0.3) is 0 Å². The van der Waals surface area contributed by atoms with E-state index in [1.807, 2.05) is 12.1 Å². The minimum absolute atomic E-state index is 0.226. The molecule has 7 heteroatoms. The van der Waals surface area contributed by atoms with Gasteiger partial charge in [-0.1, -0.05) is 6.92 Å². The van der Waals surface area contributed by atoms with Gasteiger partial charge in [0.2, 0.25) is 0 Å². The van der Waals surface area contributed by atoms with Crippen LogP contribution in [0.15, 0.2) is 36.7 Å². The molecule has 1 aromatic carbocycles. The van der Waals surface area contributed by atoms with E-state index in [0.717, 1.165) is 43.6 Å². The average molecular weight is 381 g/mol. The van der Waals surface area contributed by atoms with E-state index in [1.165, 1.54) is 24.9 Å². The monoisotopic (exact) mass is 381 g/mol. The third kappa shape index (κ3) is 4.42. The molecule has 7 nitrogen and oxygen atoms in total. The summed E-state index contributed by atoms with van der Waals surface area (Å²) in [5, 5.41) is 2.93. The number of nitrogens with one attached hydrogen (secondary N) is 1. The van der Waals surface area contributed by atoms with E-state index in [1.54, 1.807) is 6.07 Å². The number of amides is 1. The van der Waals surface area contributed by atoms with Gasteiger partial charge in [0, 0.05) is 43.6 Å². The van der Waals surface area contributed by atoms with Crippen molar-refractivity contribution in [2.24, 2.45) is 5.92 Å². The number of rotatable bonds is 4. The van der Waals surface area contributed by atoms with Crippen molar-refractivity contribution in [2.75, 3.05) is 54.5 Å².